The fourth-order valence-corrected chi connectivity index (χ4v) is 2.61. The molecule has 114 valence electrons. The number of hydrogen-bond donors (Lipinski definition) is 1. The lowest BCUT2D eigenvalue weighted by atomic mass is 10.1. The highest BCUT2D eigenvalue weighted by Crippen LogP contribution is 2.25. The molecule has 1 saturated heterocycles. The Hall–Kier alpha value is -2.08. The zero-order valence-electron chi connectivity index (χ0n) is 12.1. The van der Waals surface area contributed by atoms with Crippen molar-refractivity contribution in [1.82, 2.24) is 4.90 Å². The van der Waals surface area contributed by atoms with E-state index in [4.69, 9.17) is 14.6 Å². The first-order chi connectivity index (χ1) is 10.0. The van der Waals surface area contributed by atoms with Gasteiger partial charge in [0.05, 0.1) is 19.6 Å². The first-order valence-electron chi connectivity index (χ1n) is 6.74. The van der Waals surface area contributed by atoms with Gasteiger partial charge in [0.2, 0.25) is 0 Å². The second-order valence-corrected chi connectivity index (χ2v) is 5.03. The van der Waals surface area contributed by atoms with Crippen molar-refractivity contribution in [2.24, 2.45) is 0 Å². The van der Waals surface area contributed by atoms with E-state index in [-0.39, 0.29) is 24.5 Å². The fourth-order valence-electron chi connectivity index (χ4n) is 2.61. The number of rotatable bonds is 5. The first kappa shape index (κ1) is 15.3. The van der Waals surface area contributed by atoms with E-state index in [2.05, 4.69) is 0 Å². The lowest BCUT2D eigenvalue weighted by molar-refractivity contribution is -0.137. The number of amides is 1. The second kappa shape index (κ2) is 6.58. The molecule has 6 nitrogen and oxygen atoms in total. The Balaban J connectivity index is 2.20. The monoisotopic (exact) mass is 293 g/mol. The summed E-state index contributed by atoms with van der Waals surface area (Å²) in [6.07, 6.45) is 0.345. The van der Waals surface area contributed by atoms with Gasteiger partial charge in [0.1, 0.15) is 5.75 Å². The van der Waals surface area contributed by atoms with Crippen molar-refractivity contribution in [2.75, 3.05) is 20.8 Å². The zero-order chi connectivity index (χ0) is 15.4. The smallest absolute Gasteiger partial charge is 0.305 e. The van der Waals surface area contributed by atoms with Crippen LogP contribution in [0.5, 0.6) is 5.75 Å². The minimum atomic E-state index is -0.916. The van der Waals surface area contributed by atoms with Gasteiger partial charge in [0.25, 0.3) is 5.91 Å². The van der Waals surface area contributed by atoms with E-state index >= 15 is 0 Å². The molecule has 1 aliphatic heterocycles. The lowest BCUT2D eigenvalue weighted by Crippen LogP contribution is -2.37. The van der Waals surface area contributed by atoms with E-state index < -0.39 is 5.97 Å². The maximum atomic E-state index is 12.6. The molecule has 1 heterocycles. The van der Waals surface area contributed by atoms with E-state index in [1.165, 1.54) is 7.11 Å². The van der Waals surface area contributed by atoms with Gasteiger partial charge in [-0.3, -0.25) is 9.59 Å². The molecule has 0 spiro atoms. The maximum absolute atomic E-state index is 12.6. The summed E-state index contributed by atoms with van der Waals surface area (Å²) >= 11 is 0. The molecule has 0 saturated carbocycles. The number of likely N-dealkylation sites (tertiary alicyclic amines) is 1. The summed E-state index contributed by atoms with van der Waals surface area (Å²) in [7, 11) is 3.11. The molecule has 2 rings (SSSR count). The maximum Gasteiger partial charge on any atom is 0.305 e. The van der Waals surface area contributed by atoms with Crippen LogP contribution in [0.25, 0.3) is 0 Å². The number of carboxylic acid groups (broad SMARTS) is 1. The van der Waals surface area contributed by atoms with Gasteiger partial charge in [-0.1, -0.05) is 6.07 Å². The SMILES string of the molecule is COc1cccc(C(=O)N2CC(OC)CC2CC(=O)O)c1. The average molecular weight is 293 g/mol. The largest absolute Gasteiger partial charge is 0.497 e. The van der Waals surface area contributed by atoms with Crippen molar-refractivity contribution in [1.29, 1.82) is 0 Å². The molecule has 21 heavy (non-hydrogen) atoms. The summed E-state index contributed by atoms with van der Waals surface area (Å²) in [6, 6.07) is 6.50. The van der Waals surface area contributed by atoms with Crippen molar-refractivity contribution in [2.45, 2.75) is 25.0 Å². The molecular formula is C15H19NO5. The topological polar surface area (TPSA) is 76.1 Å². The Kier molecular flexibility index (Phi) is 4.80. The van der Waals surface area contributed by atoms with Gasteiger partial charge in [0.15, 0.2) is 0 Å². The van der Waals surface area contributed by atoms with E-state index in [9.17, 15) is 9.59 Å². The van der Waals surface area contributed by atoms with Crippen LogP contribution < -0.4 is 4.74 Å². The van der Waals surface area contributed by atoms with Gasteiger partial charge in [-0.15, -0.1) is 0 Å². The van der Waals surface area contributed by atoms with Gasteiger partial charge in [-0.05, 0) is 24.6 Å². The van der Waals surface area contributed by atoms with Gasteiger partial charge in [0, 0.05) is 25.3 Å². The van der Waals surface area contributed by atoms with E-state index in [1.54, 1.807) is 36.3 Å². The predicted molar refractivity (Wildman–Crippen MR) is 75.5 cm³/mol. The number of aliphatic carboxylic acids is 1. The van der Waals surface area contributed by atoms with Crippen LogP contribution in [0.1, 0.15) is 23.2 Å². The average Bonchev–Trinajstić information content (AvgIpc) is 2.88. The van der Waals surface area contributed by atoms with Crippen molar-refractivity contribution < 1.29 is 24.2 Å². The normalized spacial score (nSPS) is 21.3. The van der Waals surface area contributed by atoms with Crippen molar-refractivity contribution >= 4 is 11.9 Å². The molecule has 2 atom stereocenters. The Bertz CT molecular complexity index is 531. The van der Waals surface area contributed by atoms with Crippen molar-refractivity contribution in [3.05, 3.63) is 29.8 Å². The Morgan fingerprint density at radius 1 is 1.38 bits per heavy atom. The molecule has 1 aromatic rings. The second-order valence-electron chi connectivity index (χ2n) is 5.03. The lowest BCUT2D eigenvalue weighted by Gasteiger charge is -2.23. The van der Waals surface area contributed by atoms with Gasteiger partial charge >= 0.3 is 5.97 Å². The van der Waals surface area contributed by atoms with Crippen LogP contribution in [0.15, 0.2) is 24.3 Å². The third-order valence-corrected chi connectivity index (χ3v) is 3.70. The van der Waals surface area contributed by atoms with Crippen LogP contribution in [-0.4, -0.2) is 54.8 Å². The van der Waals surface area contributed by atoms with E-state index in [0.717, 1.165) is 0 Å². The summed E-state index contributed by atoms with van der Waals surface area (Å²) in [6.45, 7) is 0.407. The highest BCUT2D eigenvalue weighted by atomic mass is 16.5. The summed E-state index contributed by atoms with van der Waals surface area (Å²) in [5.74, 6) is -0.516. The molecule has 0 aromatic heterocycles. The van der Waals surface area contributed by atoms with E-state index in [1.807, 2.05) is 0 Å². The third kappa shape index (κ3) is 3.52. The molecule has 0 radical (unpaired) electrons. The summed E-state index contributed by atoms with van der Waals surface area (Å²) < 4.78 is 10.4. The summed E-state index contributed by atoms with van der Waals surface area (Å²) in [5, 5.41) is 8.99. The van der Waals surface area contributed by atoms with Crippen LogP contribution in [0, 0.1) is 0 Å². The number of carboxylic acids is 1. The van der Waals surface area contributed by atoms with Crippen LogP contribution >= 0.6 is 0 Å². The predicted octanol–water partition coefficient (Wildman–Crippen LogP) is 1.40. The van der Waals surface area contributed by atoms with Crippen LogP contribution in [0.3, 0.4) is 0 Å². The number of ether oxygens (including phenoxy) is 2. The third-order valence-electron chi connectivity index (χ3n) is 3.70. The van der Waals surface area contributed by atoms with Gasteiger partial charge in [-0.2, -0.15) is 0 Å². The number of benzene rings is 1. The molecule has 0 aliphatic carbocycles. The molecule has 1 fully saturated rings. The van der Waals surface area contributed by atoms with E-state index in [0.29, 0.717) is 24.3 Å². The molecule has 2 unspecified atom stereocenters. The first-order valence-corrected chi connectivity index (χ1v) is 6.74. The number of carbonyl (C=O) groups excluding carboxylic acids is 1. The quantitative estimate of drug-likeness (QED) is 0.888. The molecule has 6 heteroatoms. The Morgan fingerprint density at radius 3 is 2.76 bits per heavy atom. The highest BCUT2D eigenvalue weighted by Gasteiger charge is 2.36. The van der Waals surface area contributed by atoms with Crippen LogP contribution in [0.2, 0.25) is 0 Å². The molecule has 1 aliphatic rings. The van der Waals surface area contributed by atoms with Gasteiger partial charge in [-0.25, -0.2) is 0 Å². The Labute approximate surface area is 123 Å². The Morgan fingerprint density at radius 2 is 2.14 bits per heavy atom. The van der Waals surface area contributed by atoms with Crippen LogP contribution in [0.4, 0.5) is 0 Å². The molecular weight excluding hydrogens is 274 g/mol. The molecule has 1 aromatic carbocycles. The standard InChI is InChI=1S/C15H19NO5/c1-20-12-5-3-4-10(6-12)15(19)16-9-13(21-2)7-11(16)8-14(17)18/h3-6,11,13H,7-9H2,1-2H3,(H,17,18). The van der Waals surface area contributed by atoms with Crippen molar-refractivity contribution in [3.8, 4) is 5.75 Å². The summed E-state index contributed by atoms with van der Waals surface area (Å²) in [4.78, 5) is 25.1. The van der Waals surface area contributed by atoms with Gasteiger partial charge < -0.3 is 19.5 Å². The minimum Gasteiger partial charge on any atom is -0.497 e. The minimum absolute atomic E-state index is 0.0738. The number of hydrogen-bond acceptors (Lipinski definition) is 4. The summed E-state index contributed by atoms with van der Waals surface area (Å²) in [5.41, 5.74) is 0.487. The van der Waals surface area contributed by atoms with Crippen molar-refractivity contribution in [3.63, 3.8) is 0 Å². The fraction of sp³-hybridized carbons (Fsp3) is 0.467. The molecule has 1 amide bonds. The molecule has 1 N–H and O–H groups in total. The number of carbonyl (C=O) groups is 2. The number of methoxy groups -OCH3 is 2. The number of nitrogens with zero attached hydrogens (tertiary/aromatic N) is 1. The molecule has 0 bridgehead atoms. The highest BCUT2D eigenvalue weighted by molar-refractivity contribution is 5.95. The zero-order valence-corrected chi connectivity index (χ0v) is 12.1. The van der Waals surface area contributed by atoms with Crippen LogP contribution in [-0.2, 0) is 9.53 Å².